The molecule has 0 radical (unpaired) electrons. The molecule has 5 rings (SSSR count). The lowest BCUT2D eigenvalue weighted by Crippen LogP contribution is -2.46. The van der Waals surface area contributed by atoms with E-state index in [2.05, 4.69) is 9.88 Å². The molecule has 2 fully saturated rings. The van der Waals surface area contributed by atoms with Gasteiger partial charge in [-0.2, -0.15) is 0 Å². The van der Waals surface area contributed by atoms with Gasteiger partial charge in [-0.05, 0) is 75.3 Å². The molecule has 0 unspecified atom stereocenters. The number of imide groups is 1. The Morgan fingerprint density at radius 1 is 1.24 bits per heavy atom. The number of hydrogen-bond acceptors (Lipinski definition) is 5. The summed E-state index contributed by atoms with van der Waals surface area (Å²) in [6.07, 6.45) is 4.31. The van der Waals surface area contributed by atoms with Crippen molar-refractivity contribution in [2.24, 2.45) is 0 Å². The zero-order valence-electron chi connectivity index (χ0n) is 20.0. The molecule has 1 spiro atoms. The van der Waals surface area contributed by atoms with E-state index in [-0.39, 0.29) is 24.3 Å². The quantitative estimate of drug-likeness (QED) is 0.523. The summed E-state index contributed by atoms with van der Waals surface area (Å²) in [6.45, 7) is 5.08. The molecule has 3 heterocycles. The molecule has 3 amide bonds. The molecular formula is C26H31N3O5. The monoisotopic (exact) mass is 465 g/mol. The number of fused-ring (bicyclic) bond motifs is 2. The van der Waals surface area contributed by atoms with Crippen molar-refractivity contribution in [2.45, 2.75) is 64.1 Å². The van der Waals surface area contributed by atoms with E-state index in [0.717, 1.165) is 65.5 Å². The maximum Gasteiger partial charge on any atom is 0.325 e. The van der Waals surface area contributed by atoms with Crippen molar-refractivity contribution >= 4 is 17.7 Å². The van der Waals surface area contributed by atoms with Crippen LogP contribution in [-0.2, 0) is 28.0 Å². The van der Waals surface area contributed by atoms with E-state index < -0.39 is 11.6 Å². The Morgan fingerprint density at radius 2 is 2.06 bits per heavy atom. The van der Waals surface area contributed by atoms with Gasteiger partial charge in [-0.1, -0.05) is 6.07 Å². The number of amides is 3. The fraction of sp³-hybridized carbons (Fsp3) is 0.500. The molecule has 0 bridgehead atoms. The van der Waals surface area contributed by atoms with Gasteiger partial charge in [0.15, 0.2) is 5.78 Å². The Hall–Kier alpha value is -3.13. The second-order valence-electron chi connectivity index (χ2n) is 9.56. The molecule has 1 aromatic carbocycles. The molecule has 8 heteroatoms. The van der Waals surface area contributed by atoms with Gasteiger partial charge in [-0.25, -0.2) is 4.79 Å². The van der Waals surface area contributed by atoms with Crippen molar-refractivity contribution < 1.29 is 23.9 Å². The molecule has 1 aromatic heterocycles. The fourth-order valence-electron chi connectivity index (χ4n) is 5.71. The number of aryl methyl sites for hydroxylation is 2. The number of urea groups is 1. The molecule has 180 valence electrons. The predicted molar refractivity (Wildman–Crippen MR) is 125 cm³/mol. The van der Waals surface area contributed by atoms with Crippen LogP contribution in [0, 0.1) is 13.8 Å². The molecule has 2 aromatic rings. The number of ether oxygens (including phenoxy) is 2. The Morgan fingerprint density at radius 3 is 2.79 bits per heavy atom. The van der Waals surface area contributed by atoms with Gasteiger partial charge in [0.25, 0.3) is 5.91 Å². The predicted octanol–water partition coefficient (Wildman–Crippen LogP) is 3.26. The number of hydrogen-bond donors (Lipinski definition) is 1. The average molecular weight is 466 g/mol. The number of ketones is 1. The summed E-state index contributed by atoms with van der Waals surface area (Å²) in [7, 11) is 1.61. The molecule has 2 aliphatic heterocycles. The topological polar surface area (TPSA) is 89.9 Å². The zero-order valence-corrected chi connectivity index (χ0v) is 20.0. The highest BCUT2D eigenvalue weighted by Gasteiger charge is 2.54. The number of aromatic nitrogens is 1. The molecular weight excluding hydrogens is 434 g/mol. The van der Waals surface area contributed by atoms with Crippen molar-refractivity contribution in [1.82, 2.24) is 14.8 Å². The van der Waals surface area contributed by atoms with Gasteiger partial charge in [0.1, 0.15) is 11.3 Å². The van der Waals surface area contributed by atoms with Gasteiger partial charge in [0.05, 0.1) is 19.8 Å². The molecule has 1 aliphatic carbocycles. The van der Waals surface area contributed by atoms with Crippen LogP contribution >= 0.6 is 0 Å². The summed E-state index contributed by atoms with van der Waals surface area (Å²) < 4.78 is 13.2. The van der Waals surface area contributed by atoms with E-state index in [0.29, 0.717) is 18.5 Å². The van der Waals surface area contributed by atoms with Crippen molar-refractivity contribution in [3.05, 3.63) is 52.3 Å². The second kappa shape index (κ2) is 8.58. The summed E-state index contributed by atoms with van der Waals surface area (Å²) >= 11 is 0. The highest BCUT2D eigenvalue weighted by atomic mass is 16.5. The Kier molecular flexibility index (Phi) is 5.72. The molecule has 3 aliphatic rings. The van der Waals surface area contributed by atoms with E-state index in [4.69, 9.17) is 9.47 Å². The van der Waals surface area contributed by atoms with Crippen LogP contribution < -0.4 is 10.1 Å². The number of nitrogens with zero attached hydrogens (tertiary/aromatic N) is 2. The summed E-state index contributed by atoms with van der Waals surface area (Å²) in [5.74, 6) is 0.126. The second-order valence-corrected chi connectivity index (χ2v) is 9.56. The number of nitrogens with one attached hydrogen (secondary N) is 1. The SMILES string of the molecule is COc1ccc2c(c1)CCC[C@]21NC(=O)N(CC(=O)c2cc(C)n(C[C@@H]3CCCO3)c2C)C1=O. The van der Waals surface area contributed by atoms with Crippen LogP contribution in [0.4, 0.5) is 4.79 Å². The van der Waals surface area contributed by atoms with Crippen LogP contribution in [0.5, 0.6) is 5.75 Å². The van der Waals surface area contributed by atoms with Crippen LogP contribution in [0.15, 0.2) is 24.3 Å². The fourth-order valence-corrected chi connectivity index (χ4v) is 5.71. The molecule has 34 heavy (non-hydrogen) atoms. The average Bonchev–Trinajstić information content (AvgIpc) is 3.50. The number of carbonyl (C=O) groups excluding carboxylic acids is 3. The minimum absolute atomic E-state index is 0.156. The Labute approximate surface area is 199 Å². The maximum atomic E-state index is 13.6. The molecule has 2 saturated heterocycles. The summed E-state index contributed by atoms with van der Waals surface area (Å²) in [4.78, 5) is 40.9. The first-order chi connectivity index (χ1) is 16.3. The zero-order chi connectivity index (χ0) is 24.0. The Balaban J connectivity index is 1.38. The van der Waals surface area contributed by atoms with E-state index in [1.165, 1.54) is 0 Å². The van der Waals surface area contributed by atoms with Gasteiger partial charge in [-0.15, -0.1) is 0 Å². The standard InChI is InChI=1S/C26H31N3O5/c1-16-12-21(17(2)28(16)14-20-7-5-11-34-20)23(30)15-29-24(31)26(27-25(29)32)10-4-6-18-13-19(33-3)8-9-22(18)26/h8-9,12-13,20H,4-7,10-11,14-15H2,1-3H3,(H,27,32)/t20-,26-/m0/s1. The van der Waals surface area contributed by atoms with Crippen molar-refractivity contribution in [3.63, 3.8) is 0 Å². The number of rotatable bonds is 6. The van der Waals surface area contributed by atoms with Crippen LogP contribution in [0.1, 0.15) is 58.6 Å². The highest BCUT2D eigenvalue weighted by Crippen LogP contribution is 2.41. The normalized spacial score (nSPS) is 24.0. The molecule has 8 nitrogen and oxygen atoms in total. The third-order valence-electron chi connectivity index (χ3n) is 7.53. The van der Waals surface area contributed by atoms with Crippen LogP contribution in [0.25, 0.3) is 0 Å². The van der Waals surface area contributed by atoms with Gasteiger partial charge in [0.2, 0.25) is 0 Å². The van der Waals surface area contributed by atoms with Crippen LogP contribution in [-0.4, -0.2) is 53.6 Å². The smallest absolute Gasteiger partial charge is 0.325 e. The lowest BCUT2D eigenvalue weighted by atomic mass is 9.76. The minimum atomic E-state index is -1.12. The first-order valence-corrected chi connectivity index (χ1v) is 12.0. The highest BCUT2D eigenvalue weighted by molar-refractivity contribution is 6.12. The number of carbonyl (C=O) groups is 3. The molecule has 1 N–H and O–H groups in total. The largest absolute Gasteiger partial charge is 0.497 e. The van der Waals surface area contributed by atoms with Gasteiger partial charge >= 0.3 is 6.03 Å². The lowest BCUT2D eigenvalue weighted by Gasteiger charge is -2.33. The summed E-state index contributed by atoms with van der Waals surface area (Å²) in [5.41, 5.74) is 3.03. The molecule has 0 saturated carbocycles. The summed E-state index contributed by atoms with van der Waals surface area (Å²) in [5, 5.41) is 2.92. The first-order valence-electron chi connectivity index (χ1n) is 12.0. The maximum absolute atomic E-state index is 13.6. The van der Waals surface area contributed by atoms with E-state index >= 15 is 0 Å². The van der Waals surface area contributed by atoms with Crippen molar-refractivity contribution in [3.8, 4) is 5.75 Å². The summed E-state index contributed by atoms with van der Waals surface area (Å²) in [6, 6.07) is 6.92. The van der Waals surface area contributed by atoms with Crippen LogP contribution in [0.3, 0.4) is 0 Å². The van der Waals surface area contributed by atoms with Crippen LogP contribution in [0.2, 0.25) is 0 Å². The van der Waals surface area contributed by atoms with Gasteiger partial charge < -0.3 is 19.4 Å². The van der Waals surface area contributed by atoms with E-state index in [1.807, 2.05) is 38.1 Å². The minimum Gasteiger partial charge on any atom is -0.497 e. The van der Waals surface area contributed by atoms with Crippen molar-refractivity contribution in [1.29, 1.82) is 0 Å². The Bertz CT molecular complexity index is 1160. The number of Topliss-reactive ketones (excluding diaryl/α,β-unsaturated/α-hetero) is 1. The van der Waals surface area contributed by atoms with Crippen molar-refractivity contribution in [2.75, 3.05) is 20.3 Å². The van der Waals surface area contributed by atoms with Gasteiger partial charge in [0, 0.05) is 30.1 Å². The van der Waals surface area contributed by atoms with E-state index in [1.54, 1.807) is 7.11 Å². The lowest BCUT2D eigenvalue weighted by molar-refractivity contribution is -0.131. The third kappa shape index (κ3) is 3.60. The van der Waals surface area contributed by atoms with E-state index in [9.17, 15) is 14.4 Å². The third-order valence-corrected chi connectivity index (χ3v) is 7.53. The number of methoxy groups -OCH3 is 1. The number of benzene rings is 1. The van der Waals surface area contributed by atoms with Gasteiger partial charge in [-0.3, -0.25) is 14.5 Å². The molecule has 2 atom stereocenters. The first kappa shape index (κ1) is 22.7.